The number of nitrogen functional groups attached to an aromatic ring is 1. The number of fused-ring (bicyclic) bond motifs is 2. The summed E-state index contributed by atoms with van der Waals surface area (Å²) in [5.41, 5.74) is 7.63. The molecule has 1 saturated heterocycles. The van der Waals surface area contributed by atoms with Crippen LogP contribution in [0.4, 0.5) is 5.82 Å². The average Bonchev–Trinajstić information content (AvgIpc) is 3.22. The first-order chi connectivity index (χ1) is 14.0. The summed E-state index contributed by atoms with van der Waals surface area (Å²) in [6.07, 6.45) is 0. The fourth-order valence-electron chi connectivity index (χ4n) is 3.78. The predicted molar refractivity (Wildman–Crippen MR) is 104 cm³/mol. The lowest BCUT2D eigenvalue weighted by atomic mass is 10.1. The van der Waals surface area contributed by atoms with E-state index in [1.807, 2.05) is 0 Å². The summed E-state index contributed by atoms with van der Waals surface area (Å²) in [5, 5.41) is 2.16. The van der Waals surface area contributed by atoms with Crippen molar-refractivity contribution >= 4 is 28.7 Å². The van der Waals surface area contributed by atoms with E-state index in [4.69, 9.17) is 10.5 Å². The maximum Gasteiger partial charge on any atom is 0.262 e. The zero-order valence-corrected chi connectivity index (χ0v) is 15.4. The van der Waals surface area contributed by atoms with Crippen molar-refractivity contribution in [3.8, 4) is 5.69 Å². The standard InChI is InChI=1S/C19H18N6O4/c20-17-16-11(18(27)23-19(16)28)8-15(26)25(17)10-1-2-12-13(7-10)22-14(21-12)9-24-3-5-29-6-4-24/h1-2,7-8H,3-6,9,20H2,(H,21,22)(H,23,27,28). The molecule has 0 atom stereocenters. The smallest absolute Gasteiger partial charge is 0.262 e. The molecule has 3 aromatic rings. The first-order valence-corrected chi connectivity index (χ1v) is 9.21. The highest BCUT2D eigenvalue weighted by Crippen LogP contribution is 2.24. The van der Waals surface area contributed by atoms with Crippen molar-refractivity contribution in [2.24, 2.45) is 0 Å². The van der Waals surface area contributed by atoms with Crippen LogP contribution in [0.15, 0.2) is 29.1 Å². The number of benzene rings is 1. The molecule has 4 N–H and O–H groups in total. The van der Waals surface area contributed by atoms with Gasteiger partial charge in [-0.15, -0.1) is 0 Å². The molecule has 2 aromatic heterocycles. The van der Waals surface area contributed by atoms with Crippen LogP contribution in [-0.2, 0) is 11.3 Å². The van der Waals surface area contributed by atoms with Gasteiger partial charge in [0.2, 0.25) is 0 Å². The summed E-state index contributed by atoms with van der Waals surface area (Å²) in [6, 6.07) is 6.38. The SMILES string of the molecule is Nc1c2c(cc(=O)n1-c1ccc3nc(CN4CCOCC4)[nH]c3c1)C(=O)NC2=O. The van der Waals surface area contributed by atoms with Crippen LogP contribution in [0.5, 0.6) is 0 Å². The normalized spacial score (nSPS) is 17.0. The number of morpholine rings is 1. The van der Waals surface area contributed by atoms with Crippen molar-refractivity contribution in [1.29, 1.82) is 0 Å². The Hall–Kier alpha value is -3.50. The van der Waals surface area contributed by atoms with E-state index in [-0.39, 0.29) is 16.9 Å². The summed E-state index contributed by atoms with van der Waals surface area (Å²) in [5.74, 6) is -0.467. The lowest BCUT2D eigenvalue weighted by Gasteiger charge is -2.25. The topological polar surface area (TPSA) is 135 Å². The van der Waals surface area contributed by atoms with E-state index in [0.29, 0.717) is 25.4 Å². The van der Waals surface area contributed by atoms with Gasteiger partial charge in [0.25, 0.3) is 17.4 Å². The maximum atomic E-state index is 12.6. The summed E-state index contributed by atoms with van der Waals surface area (Å²) in [7, 11) is 0. The van der Waals surface area contributed by atoms with Crippen LogP contribution in [0, 0.1) is 0 Å². The van der Waals surface area contributed by atoms with Crippen molar-refractivity contribution in [3.63, 3.8) is 0 Å². The van der Waals surface area contributed by atoms with Gasteiger partial charge in [-0.2, -0.15) is 0 Å². The summed E-state index contributed by atoms with van der Waals surface area (Å²) >= 11 is 0. The highest BCUT2D eigenvalue weighted by atomic mass is 16.5. The van der Waals surface area contributed by atoms with Gasteiger partial charge < -0.3 is 15.5 Å². The maximum absolute atomic E-state index is 12.6. The van der Waals surface area contributed by atoms with E-state index in [9.17, 15) is 14.4 Å². The monoisotopic (exact) mass is 394 g/mol. The van der Waals surface area contributed by atoms with E-state index in [1.54, 1.807) is 18.2 Å². The van der Waals surface area contributed by atoms with Gasteiger partial charge in [0.1, 0.15) is 11.6 Å². The van der Waals surface area contributed by atoms with E-state index in [1.165, 1.54) is 4.57 Å². The molecule has 1 aromatic carbocycles. The van der Waals surface area contributed by atoms with Gasteiger partial charge in [0.05, 0.1) is 47.6 Å². The van der Waals surface area contributed by atoms with Gasteiger partial charge in [-0.1, -0.05) is 0 Å². The Morgan fingerprint density at radius 2 is 1.90 bits per heavy atom. The molecule has 0 unspecified atom stereocenters. The zero-order valence-electron chi connectivity index (χ0n) is 15.4. The van der Waals surface area contributed by atoms with Crippen molar-refractivity contribution in [1.82, 2.24) is 24.8 Å². The highest BCUT2D eigenvalue weighted by Gasteiger charge is 2.31. The number of carbonyl (C=O) groups is 2. The number of aromatic amines is 1. The molecule has 0 radical (unpaired) electrons. The molecule has 0 saturated carbocycles. The number of nitrogens with zero attached hydrogens (tertiary/aromatic N) is 3. The van der Waals surface area contributed by atoms with Crippen LogP contribution in [-0.4, -0.2) is 57.6 Å². The molecule has 0 spiro atoms. The molecule has 2 aliphatic heterocycles. The zero-order chi connectivity index (χ0) is 20.1. The molecule has 29 heavy (non-hydrogen) atoms. The number of nitrogens with two attached hydrogens (primary N) is 1. The Balaban J connectivity index is 1.54. The Labute approximate surface area is 164 Å². The molecule has 10 nitrogen and oxygen atoms in total. The number of H-pyrrole nitrogens is 1. The van der Waals surface area contributed by atoms with Gasteiger partial charge in [0, 0.05) is 19.2 Å². The quantitative estimate of drug-likeness (QED) is 0.533. The Morgan fingerprint density at radius 1 is 1.10 bits per heavy atom. The Morgan fingerprint density at radius 3 is 2.69 bits per heavy atom. The van der Waals surface area contributed by atoms with E-state index < -0.39 is 17.4 Å². The number of anilines is 1. The van der Waals surface area contributed by atoms with E-state index in [0.717, 1.165) is 36.0 Å². The number of carbonyl (C=O) groups excluding carboxylic acids is 2. The van der Waals surface area contributed by atoms with Crippen LogP contribution >= 0.6 is 0 Å². The minimum atomic E-state index is -0.613. The summed E-state index contributed by atoms with van der Waals surface area (Å²) in [4.78, 5) is 46.6. The number of hydrogen-bond donors (Lipinski definition) is 3. The van der Waals surface area contributed by atoms with Crippen LogP contribution in [0.1, 0.15) is 26.5 Å². The minimum Gasteiger partial charge on any atom is -0.384 e. The van der Waals surface area contributed by atoms with Crippen LogP contribution < -0.4 is 16.6 Å². The second kappa shape index (κ2) is 6.54. The number of ether oxygens (including phenoxy) is 1. The van der Waals surface area contributed by atoms with E-state index in [2.05, 4.69) is 20.2 Å². The van der Waals surface area contributed by atoms with Gasteiger partial charge in [-0.05, 0) is 18.2 Å². The van der Waals surface area contributed by atoms with Crippen LogP contribution in [0.2, 0.25) is 0 Å². The van der Waals surface area contributed by atoms with Crippen molar-refractivity contribution < 1.29 is 14.3 Å². The van der Waals surface area contributed by atoms with Gasteiger partial charge in [0.15, 0.2) is 0 Å². The molecule has 0 aliphatic carbocycles. The van der Waals surface area contributed by atoms with Gasteiger partial charge in [-0.25, -0.2) is 4.98 Å². The number of rotatable bonds is 3. The van der Waals surface area contributed by atoms with Crippen LogP contribution in [0.25, 0.3) is 16.7 Å². The Kier molecular flexibility index (Phi) is 3.96. The second-order valence-corrected chi connectivity index (χ2v) is 7.05. The number of aromatic nitrogens is 3. The van der Waals surface area contributed by atoms with Gasteiger partial charge >= 0.3 is 0 Å². The fraction of sp³-hybridized carbons (Fsp3) is 0.263. The first kappa shape index (κ1) is 17.6. The third kappa shape index (κ3) is 2.89. The largest absolute Gasteiger partial charge is 0.384 e. The lowest BCUT2D eigenvalue weighted by molar-refractivity contribution is 0.0332. The predicted octanol–water partition coefficient (Wildman–Crippen LogP) is 0.0118. The molecule has 2 aliphatic rings. The van der Waals surface area contributed by atoms with Crippen LogP contribution in [0.3, 0.4) is 0 Å². The number of imide groups is 1. The summed E-state index contributed by atoms with van der Waals surface area (Å²) < 4.78 is 6.58. The summed E-state index contributed by atoms with van der Waals surface area (Å²) in [6.45, 7) is 3.80. The molecule has 4 heterocycles. The molecule has 5 rings (SSSR count). The molecular formula is C19H18N6O4. The first-order valence-electron chi connectivity index (χ1n) is 9.21. The molecule has 10 heteroatoms. The number of hydrogen-bond acceptors (Lipinski definition) is 7. The third-order valence-corrected chi connectivity index (χ3v) is 5.20. The van der Waals surface area contributed by atoms with Crippen molar-refractivity contribution in [3.05, 3.63) is 51.6 Å². The van der Waals surface area contributed by atoms with Crippen molar-refractivity contribution in [2.45, 2.75) is 6.54 Å². The number of nitrogens with one attached hydrogen (secondary N) is 2. The molecule has 148 valence electrons. The van der Waals surface area contributed by atoms with Gasteiger partial charge in [-0.3, -0.25) is 29.2 Å². The molecule has 2 amide bonds. The highest BCUT2D eigenvalue weighted by molar-refractivity contribution is 6.23. The lowest BCUT2D eigenvalue weighted by Crippen LogP contribution is -2.35. The fourth-order valence-corrected chi connectivity index (χ4v) is 3.78. The third-order valence-electron chi connectivity index (χ3n) is 5.20. The average molecular weight is 394 g/mol. The molecule has 1 fully saturated rings. The van der Waals surface area contributed by atoms with Crippen molar-refractivity contribution in [2.75, 3.05) is 32.0 Å². The molecule has 0 bridgehead atoms. The second-order valence-electron chi connectivity index (χ2n) is 7.05. The number of pyridine rings is 1. The molecular weight excluding hydrogens is 376 g/mol. The number of amides is 2. The Bertz CT molecular complexity index is 1220. The number of imidazole rings is 1. The minimum absolute atomic E-state index is 0.00386. The van der Waals surface area contributed by atoms with E-state index >= 15 is 0 Å².